The van der Waals surface area contributed by atoms with Crippen LogP contribution in [0.15, 0.2) is 16.9 Å². The second-order valence-electron chi connectivity index (χ2n) is 3.65. The van der Waals surface area contributed by atoms with E-state index in [0.29, 0.717) is 0 Å². The average Bonchev–Trinajstić information content (AvgIpc) is 2.61. The third kappa shape index (κ3) is 1.73. The van der Waals surface area contributed by atoms with Crippen molar-refractivity contribution < 1.29 is 4.42 Å². The molecule has 0 amide bonds. The van der Waals surface area contributed by atoms with Crippen LogP contribution in [0.1, 0.15) is 24.8 Å². The van der Waals surface area contributed by atoms with Crippen molar-refractivity contribution in [2.45, 2.75) is 24.9 Å². The van der Waals surface area contributed by atoms with Crippen LogP contribution in [0.5, 0.6) is 0 Å². The smallest absolute Gasteiger partial charge is 0.211 e. The molecule has 2 atom stereocenters. The van der Waals surface area contributed by atoms with Crippen LogP contribution in [0.4, 0.5) is 0 Å². The van der Waals surface area contributed by atoms with Crippen LogP contribution in [0.2, 0.25) is 0 Å². The van der Waals surface area contributed by atoms with Crippen molar-refractivity contribution in [3.63, 3.8) is 0 Å². The quantitative estimate of drug-likeness (QED) is 0.695. The zero-order valence-corrected chi connectivity index (χ0v) is 7.81. The molecule has 0 saturated carbocycles. The lowest BCUT2D eigenvalue weighted by molar-refractivity contribution is 0.145. The van der Waals surface area contributed by atoms with E-state index in [1.165, 1.54) is 0 Å². The Hall–Kier alpha value is -0.870. The van der Waals surface area contributed by atoms with E-state index < -0.39 is 0 Å². The van der Waals surface area contributed by atoms with E-state index in [9.17, 15) is 0 Å². The molecule has 2 heterocycles. The van der Waals surface area contributed by atoms with Gasteiger partial charge in [0.25, 0.3) is 0 Å². The van der Waals surface area contributed by atoms with Crippen molar-refractivity contribution in [1.82, 2.24) is 9.88 Å². The molecule has 1 aromatic heterocycles. The van der Waals surface area contributed by atoms with Gasteiger partial charge in [0, 0.05) is 12.6 Å². The first-order valence-electron chi connectivity index (χ1n) is 4.62. The van der Waals surface area contributed by atoms with Crippen molar-refractivity contribution >= 4 is 0 Å². The van der Waals surface area contributed by atoms with E-state index in [0.717, 1.165) is 25.3 Å². The van der Waals surface area contributed by atoms with Gasteiger partial charge < -0.3 is 10.2 Å². The number of hydrogen-bond donors (Lipinski definition) is 1. The molecule has 1 fully saturated rings. The van der Waals surface area contributed by atoms with Gasteiger partial charge in [0.1, 0.15) is 6.26 Å². The Morgan fingerprint density at radius 1 is 1.69 bits per heavy atom. The summed E-state index contributed by atoms with van der Waals surface area (Å²) in [7, 11) is 2.08. The van der Waals surface area contributed by atoms with Gasteiger partial charge in [-0.2, -0.15) is 0 Å². The first kappa shape index (κ1) is 8.72. The van der Waals surface area contributed by atoms with Gasteiger partial charge in [0.15, 0.2) is 0 Å². The fraction of sp³-hybridized carbons (Fsp3) is 0.667. The van der Waals surface area contributed by atoms with E-state index in [1.807, 2.05) is 0 Å². The first-order valence-corrected chi connectivity index (χ1v) is 4.62. The normalized spacial score (nSPS) is 30.6. The summed E-state index contributed by atoms with van der Waals surface area (Å²) in [6, 6.07) is 0.548. The maximum absolute atomic E-state index is 5.90. The summed E-state index contributed by atoms with van der Waals surface area (Å²) in [6.07, 6.45) is 5.30. The van der Waals surface area contributed by atoms with Crippen LogP contribution in [0.3, 0.4) is 0 Å². The van der Waals surface area contributed by atoms with Crippen molar-refractivity contribution in [2.24, 2.45) is 5.73 Å². The lowest BCUT2D eigenvalue weighted by Gasteiger charge is -2.33. The van der Waals surface area contributed by atoms with Gasteiger partial charge in [-0.3, -0.25) is 4.90 Å². The van der Waals surface area contributed by atoms with Crippen molar-refractivity contribution in [1.29, 1.82) is 0 Å². The highest BCUT2D eigenvalue weighted by Gasteiger charge is 2.27. The fourth-order valence-corrected chi connectivity index (χ4v) is 1.80. The van der Waals surface area contributed by atoms with Gasteiger partial charge in [0.2, 0.25) is 5.89 Å². The number of aromatic nitrogens is 1. The summed E-state index contributed by atoms with van der Waals surface area (Å²) in [5, 5.41) is 0. The van der Waals surface area contributed by atoms with Crippen LogP contribution in [0, 0.1) is 0 Å². The van der Waals surface area contributed by atoms with Gasteiger partial charge >= 0.3 is 0 Å². The molecule has 2 rings (SSSR count). The minimum absolute atomic E-state index is 0.263. The van der Waals surface area contributed by atoms with Crippen LogP contribution in [0.25, 0.3) is 0 Å². The summed E-state index contributed by atoms with van der Waals surface area (Å²) in [5.74, 6) is 0.789. The SMILES string of the molecule is CN1CCC(N)CC1c1ncco1. The molecule has 2 unspecified atom stereocenters. The molecule has 72 valence electrons. The van der Waals surface area contributed by atoms with Crippen LogP contribution in [-0.2, 0) is 0 Å². The third-order valence-corrected chi connectivity index (χ3v) is 2.65. The highest BCUT2D eigenvalue weighted by molar-refractivity contribution is 4.95. The highest BCUT2D eigenvalue weighted by Crippen LogP contribution is 2.27. The molecule has 2 N–H and O–H groups in total. The summed E-state index contributed by atoms with van der Waals surface area (Å²) in [6.45, 7) is 1.02. The van der Waals surface area contributed by atoms with Gasteiger partial charge in [-0.05, 0) is 19.9 Å². The standard InChI is InChI=1S/C9H15N3O/c1-12-4-2-7(10)6-8(12)9-11-3-5-13-9/h3,5,7-8H,2,4,6,10H2,1H3. The van der Waals surface area contributed by atoms with E-state index in [2.05, 4.69) is 16.9 Å². The number of nitrogens with zero attached hydrogens (tertiary/aromatic N) is 2. The average molecular weight is 181 g/mol. The summed E-state index contributed by atoms with van der Waals surface area (Å²) >= 11 is 0. The minimum Gasteiger partial charge on any atom is -0.447 e. The second kappa shape index (κ2) is 3.47. The van der Waals surface area contributed by atoms with E-state index >= 15 is 0 Å². The molecule has 4 nitrogen and oxygen atoms in total. The fourth-order valence-electron chi connectivity index (χ4n) is 1.80. The van der Waals surface area contributed by atoms with Crippen molar-refractivity contribution in [2.75, 3.05) is 13.6 Å². The molecular formula is C9H15N3O. The minimum atomic E-state index is 0.263. The summed E-state index contributed by atoms with van der Waals surface area (Å²) < 4.78 is 5.28. The Labute approximate surface area is 77.7 Å². The van der Waals surface area contributed by atoms with Crippen LogP contribution >= 0.6 is 0 Å². The van der Waals surface area contributed by atoms with Crippen molar-refractivity contribution in [3.8, 4) is 0 Å². The molecule has 0 bridgehead atoms. The lowest BCUT2D eigenvalue weighted by atomic mass is 9.98. The number of hydrogen-bond acceptors (Lipinski definition) is 4. The molecule has 4 heteroatoms. The summed E-state index contributed by atoms with van der Waals surface area (Å²) in [4.78, 5) is 6.41. The van der Waals surface area contributed by atoms with Gasteiger partial charge in [-0.1, -0.05) is 0 Å². The van der Waals surface area contributed by atoms with E-state index in [4.69, 9.17) is 10.2 Å². The third-order valence-electron chi connectivity index (χ3n) is 2.65. The molecule has 1 aliphatic heterocycles. The van der Waals surface area contributed by atoms with E-state index in [-0.39, 0.29) is 12.1 Å². The summed E-state index contributed by atoms with van der Waals surface area (Å²) in [5.41, 5.74) is 5.90. The first-order chi connectivity index (χ1) is 6.27. The van der Waals surface area contributed by atoms with Crippen molar-refractivity contribution in [3.05, 3.63) is 18.4 Å². The Morgan fingerprint density at radius 2 is 2.54 bits per heavy atom. The Balaban J connectivity index is 2.12. The Morgan fingerprint density at radius 3 is 3.23 bits per heavy atom. The molecule has 1 aromatic rings. The van der Waals surface area contributed by atoms with Gasteiger partial charge in [-0.15, -0.1) is 0 Å². The molecular weight excluding hydrogens is 166 g/mol. The number of oxazole rings is 1. The molecule has 1 saturated heterocycles. The monoisotopic (exact) mass is 181 g/mol. The molecule has 0 aliphatic carbocycles. The second-order valence-corrected chi connectivity index (χ2v) is 3.65. The Bertz CT molecular complexity index is 260. The molecule has 0 aromatic carbocycles. The Kier molecular flexibility index (Phi) is 2.33. The van der Waals surface area contributed by atoms with Crippen LogP contribution < -0.4 is 5.73 Å². The van der Waals surface area contributed by atoms with Gasteiger partial charge in [0.05, 0.1) is 12.2 Å². The lowest BCUT2D eigenvalue weighted by Crippen LogP contribution is -2.40. The van der Waals surface area contributed by atoms with Crippen LogP contribution in [-0.4, -0.2) is 29.5 Å². The molecule has 0 spiro atoms. The number of likely N-dealkylation sites (tertiary alicyclic amines) is 1. The molecule has 0 radical (unpaired) electrons. The zero-order valence-electron chi connectivity index (χ0n) is 7.81. The topological polar surface area (TPSA) is 55.3 Å². The predicted molar refractivity (Wildman–Crippen MR) is 49.1 cm³/mol. The molecule has 1 aliphatic rings. The predicted octanol–water partition coefficient (Wildman–Crippen LogP) is 0.769. The zero-order chi connectivity index (χ0) is 9.26. The molecule has 13 heavy (non-hydrogen) atoms. The number of nitrogens with two attached hydrogens (primary N) is 1. The largest absolute Gasteiger partial charge is 0.447 e. The highest BCUT2D eigenvalue weighted by atomic mass is 16.3. The maximum Gasteiger partial charge on any atom is 0.211 e. The van der Waals surface area contributed by atoms with Gasteiger partial charge in [-0.25, -0.2) is 4.98 Å². The van der Waals surface area contributed by atoms with E-state index in [1.54, 1.807) is 12.5 Å². The number of rotatable bonds is 1. The number of piperidine rings is 1. The maximum atomic E-state index is 5.90.